The van der Waals surface area contributed by atoms with Gasteiger partial charge in [0.1, 0.15) is 5.37 Å². The molecule has 0 unspecified atom stereocenters. The highest BCUT2D eigenvalue weighted by Gasteiger charge is 2.37. The highest BCUT2D eigenvalue weighted by Crippen LogP contribution is 2.43. The minimum Gasteiger partial charge on any atom is -0.548 e. The predicted molar refractivity (Wildman–Crippen MR) is 76.1 cm³/mol. The van der Waals surface area contributed by atoms with Crippen LogP contribution in [0.3, 0.4) is 0 Å². The van der Waals surface area contributed by atoms with Crippen molar-refractivity contribution in [2.24, 2.45) is 0 Å². The summed E-state index contributed by atoms with van der Waals surface area (Å²) in [5.41, 5.74) is 0.789. The van der Waals surface area contributed by atoms with Gasteiger partial charge in [-0.3, -0.25) is 4.79 Å². The van der Waals surface area contributed by atoms with Crippen molar-refractivity contribution in [1.82, 2.24) is 4.90 Å². The lowest BCUT2D eigenvalue weighted by Crippen LogP contribution is -2.48. The zero-order valence-corrected chi connectivity index (χ0v) is 12.8. The number of nitrogens with zero attached hydrogens (tertiary/aromatic N) is 1. The topological polar surface area (TPSA) is 78.9 Å². The number of carboxylic acid groups (broad SMARTS) is 1. The molecule has 1 heterocycles. The fourth-order valence-electron chi connectivity index (χ4n) is 2.34. The van der Waals surface area contributed by atoms with E-state index in [2.05, 4.69) is 0 Å². The van der Waals surface area contributed by atoms with Crippen molar-refractivity contribution in [1.29, 1.82) is 0 Å². The van der Waals surface area contributed by atoms with E-state index in [1.807, 2.05) is 0 Å². The molecule has 1 saturated heterocycles. The number of methoxy groups -OCH3 is 2. The van der Waals surface area contributed by atoms with Gasteiger partial charge in [0.2, 0.25) is 5.91 Å². The van der Waals surface area contributed by atoms with E-state index in [4.69, 9.17) is 9.47 Å². The molecule has 1 aromatic carbocycles. The number of aliphatic carboxylic acids is 1. The van der Waals surface area contributed by atoms with Crippen molar-refractivity contribution >= 4 is 23.6 Å². The Labute approximate surface area is 127 Å². The van der Waals surface area contributed by atoms with Gasteiger partial charge in [0.25, 0.3) is 0 Å². The number of thioether (sulfide) groups is 1. The Kier molecular flexibility index (Phi) is 4.62. The summed E-state index contributed by atoms with van der Waals surface area (Å²) in [5.74, 6) is -0.110. The van der Waals surface area contributed by atoms with Crippen molar-refractivity contribution in [3.05, 3.63) is 23.8 Å². The molecule has 1 aliphatic rings. The van der Waals surface area contributed by atoms with Crippen molar-refractivity contribution in [3.63, 3.8) is 0 Å². The molecule has 7 heteroatoms. The molecule has 0 aliphatic carbocycles. The fourth-order valence-corrected chi connectivity index (χ4v) is 3.79. The standard InChI is InChI=1S/C14H17NO5S/c1-8(16)15-10(14(17)18)7-21-13(15)9-4-5-11(19-2)12(6-9)20-3/h4-6,10,13H,7H2,1-3H3,(H,17,18)/p-1/t10-,13+/m1/s1. The summed E-state index contributed by atoms with van der Waals surface area (Å²) >= 11 is 1.39. The van der Waals surface area contributed by atoms with Gasteiger partial charge in [0.15, 0.2) is 11.5 Å². The van der Waals surface area contributed by atoms with Crippen LogP contribution in [0.4, 0.5) is 0 Å². The van der Waals surface area contributed by atoms with Crippen molar-refractivity contribution in [2.75, 3.05) is 20.0 Å². The molecular weight excluding hydrogens is 294 g/mol. The van der Waals surface area contributed by atoms with Crippen LogP contribution < -0.4 is 14.6 Å². The molecule has 6 nitrogen and oxygen atoms in total. The number of amides is 1. The van der Waals surface area contributed by atoms with Crippen LogP contribution in [0.5, 0.6) is 11.5 Å². The number of carboxylic acids is 1. The van der Waals surface area contributed by atoms with Crippen LogP contribution in [0, 0.1) is 0 Å². The Morgan fingerprint density at radius 3 is 2.48 bits per heavy atom. The molecule has 1 fully saturated rings. The summed E-state index contributed by atoms with van der Waals surface area (Å²) < 4.78 is 10.4. The Bertz CT molecular complexity index is 562. The second-order valence-electron chi connectivity index (χ2n) is 4.56. The molecule has 0 saturated carbocycles. The van der Waals surface area contributed by atoms with E-state index in [1.54, 1.807) is 18.2 Å². The van der Waals surface area contributed by atoms with Crippen molar-refractivity contribution < 1.29 is 24.2 Å². The molecule has 0 spiro atoms. The minimum atomic E-state index is -1.24. The van der Waals surface area contributed by atoms with E-state index >= 15 is 0 Å². The first-order valence-corrected chi connectivity index (χ1v) is 7.37. The van der Waals surface area contributed by atoms with Gasteiger partial charge in [-0.25, -0.2) is 0 Å². The maximum Gasteiger partial charge on any atom is 0.221 e. The third-order valence-corrected chi connectivity index (χ3v) is 4.65. The first-order valence-electron chi connectivity index (χ1n) is 6.33. The predicted octanol–water partition coefficient (Wildman–Crippen LogP) is 0.416. The summed E-state index contributed by atoms with van der Waals surface area (Å²) in [6.07, 6.45) is 0. The lowest BCUT2D eigenvalue weighted by Gasteiger charge is -2.29. The van der Waals surface area contributed by atoms with E-state index in [9.17, 15) is 14.7 Å². The number of hydrogen-bond acceptors (Lipinski definition) is 6. The third kappa shape index (κ3) is 2.92. The van der Waals surface area contributed by atoms with Crippen LogP contribution in [0.25, 0.3) is 0 Å². The number of rotatable bonds is 4. The minimum absolute atomic E-state index is 0.297. The highest BCUT2D eigenvalue weighted by atomic mass is 32.2. The summed E-state index contributed by atoms with van der Waals surface area (Å²) in [7, 11) is 3.06. The van der Waals surface area contributed by atoms with Crippen molar-refractivity contribution in [3.8, 4) is 11.5 Å². The molecule has 1 aromatic rings. The molecule has 21 heavy (non-hydrogen) atoms. The van der Waals surface area contributed by atoms with Crippen LogP contribution in [-0.4, -0.2) is 42.8 Å². The first-order chi connectivity index (χ1) is 9.99. The number of carbonyl (C=O) groups excluding carboxylic acids is 2. The molecule has 1 aliphatic heterocycles. The number of ether oxygens (including phenoxy) is 2. The smallest absolute Gasteiger partial charge is 0.221 e. The van der Waals surface area contributed by atoms with Gasteiger partial charge in [-0.2, -0.15) is 0 Å². The average molecular weight is 310 g/mol. The van der Waals surface area contributed by atoms with E-state index in [0.717, 1.165) is 5.56 Å². The van der Waals surface area contributed by atoms with Crippen LogP contribution in [0.1, 0.15) is 17.9 Å². The van der Waals surface area contributed by atoms with Gasteiger partial charge in [-0.05, 0) is 17.7 Å². The summed E-state index contributed by atoms with van der Waals surface area (Å²) in [6.45, 7) is 1.36. The molecule has 0 aromatic heterocycles. The van der Waals surface area contributed by atoms with Gasteiger partial charge >= 0.3 is 0 Å². The number of hydrogen-bond donors (Lipinski definition) is 0. The van der Waals surface area contributed by atoms with E-state index in [-0.39, 0.29) is 11.3 Å². The third-order valence-electron chi connectivity index (χ3n) is 3.33. The molecule has 0 radical (unpaired) electrons. The molecule has 0 N–H and O–H groups in total. The van der Waals surface area contributed by atoms with E-state index in [0.29, 0.717) is 17.3 Å². The maximum atomic E-state index is 11.8. The monoisotopic (exact) mass is 310 g/mol. The summed E-state index contributed by atoms with van der Waals surface area (Å²) in [6, 6.07) is 4.38. The van der Waals surface area contributed by atoms with Crippen molar-refractivity contribution in [2.45, 2.75) is 18.3 Å². The van der Waals surface area contributed by atoms with Crippen LogP contribution in [-0.2, 0) is 9.59 Å². The molecule has 2 rings (SSSR count). The Balaban J connectivity index is 2.36. The molecule has 0 bridgehead atoms. The summed E-state index contributed by atoms with van der Waals surface area (Å²) in [5, 5.41) is 10.8. The van der Waals surface area contributed by atoms with E-state index in [1.165, 1.54) is 37.8 Å². The lowest BCUT2D eigenvalue weighted by molar-refractivity contribution is -0.310. The molecule has 1 amide bonds. The SMILES string of the molecule is COc1ccc([C@@H]2SC[C@H](C(=O)[O-])N2C(C)=O)cc1OC. The van der Waals surface area contributed by atoms with Crippen LogP contribution in [0.2, 0.25) is 0 Å². The maximum absolute atomic E-state index is 11.8. The first kappa shape index (κ1) is 15.5. The van der Waals surface area contributed by atoms with Gasteiger partial charge < -0.3 is 24.3 Å². The van der Waals surface area contributed by atoms with Gasteiger partial charge in [-0.15, -0.1) is 11.8 Å². The molecule has 114 valence electrons. The summed E-state index contributed by atoms with van der Waals surface area (Å²) in [4.78, 5) is 24.3. The lowest BCUT2D eigenvalue weighted by atomic mass is 10.1. The quantitative estimate of drug-likeness (QED) is 0.802. The molecule has 2 atom stereocenters. The Morgan fingerprint density at radius 1 is 1.29 bits per heavy atom. The second-order valence-corrected chi connectivity index (χ2v) is 5.67. The zero-order valence-electron chi connectivity index (χ0n) is 12.0. The highest BCUT2D eigenvalue weighted by molar-refractivity contribution is 7.99. The normalized spacial score (nSPS) is 21.2. The number of carbonyl (C=O) groups is 2. The fraction of sp³-hybridized carbons (Fsp3) is 0.429. The largest absolute Gasteiger partial charge is 0.548 e. The van der Waals surface area contributed by atoms with Crippen LogP contribution in [0.15, 0.2) is 18.2 Å². The van der Waals surface area contributed by atoms with E-state index < -0.39 is 12.0 Å². The van der Waals surface area contributed by atoms with Crippen LogP contribution >= 0.6 is 11.8 Å². The number of benzene rings is 1. The van der Waals surface area contributed by atoms with Gasteiger partial charge in [-0.1, -0.05) is 6.07 Å². The Hall–Kier alpha value is -1.89. The van der Waals surface area contributed by atoms with Gasteiger partial charge in [0.05, 0.1) is 26.2 Å². The van der Waals surface area contributed by atoms with Gasteiger partial charge in [0, 0.05) is 12.7 Å². The Morgan fingerprint density at radius 2 is 1.95 bits per heavy atom. The zero-order chi connectivity index (χ0) is 15.6. The average Bonchev–Trinajstić information content (AvgIpc) is 2.91. The second kappa shape index (κ2) is 6.26. The molecular formula is C14H16NO5S-.